The van der Waals surface area contributed by atoms with Crippen molar-refractivity contribution in [2.75, 3.05) is 37.9 Å². The van der Waals surface area contributed by atoms with Crippen LogP contribution in [-0.2, 0) is 26.2 Å². The molecular formula is C27H39N3O6S. The molecule has 1 N–H and O–H groups in total. The molecule has 1 unspecified atom stereocenters. The van der Waals surface area contributed by atoms with E-state index in [1.165, 1.54) is 25.2 Å². The fourth-order valence-electron chi connectivity index (χ4n) is 4.02. The third-order valence-electron chi connectivity index (χ3n) is 5.98. The van der Waals surface area contributed by atoms with Gasteiger partial charge in [0, 0.05) is 19.2 Å². The molecule has 0 aliphatic heterocycles. The zero-order valence-electron chi connectivity index (χ0n) is 22.6. The number of benzene rings is 2. The van der Waals surface area contributed by atoms with Crippen molar-refractivity contribution >= 4 is 27.5 Å². The summed E-state index contributed by atoms with van der Waals surface area (Å²) in [6.07, 6.45) is 3.15. The lowest BCUT2D eigenvalue weighted by Crippen LogP contribution is -2.52. The van der Waals surface area contributed by atoms with Crippen molar-refractivity contribution in [3.8, 4) is 11.5 Å². The minimum Gasteiger partial charge on any atom is -0.497 e. The van der Waals surface area contributed by atoms with Crippen LogP contribution in [0.3, 0.4) is 0 Å². The number of ether oxygens (including phenoxy) is 2. The molecule has 0 radical (unpaired) electrons. The summed E-state index contributed by atoms with van der Waals surface area (Å²) in [6.45, 7) is 5.98. The first-order chi connectivity index (χ1) is 17.5. The molecule has 9 nitrogen and oxygen atoms in total. The van der Waals surface area contributed by atoms with Crippen molar-refractivity contribution in [2.45, 2.75) is 52.6 Å². The van der Waals surface area contributed by atoms with Crippen molar-refractivity contribution in [3.63, 3.8) is 0 Å². The van der Waals surface area contributed by atoms with E-state index in [-0.39, 0.29) is 23.9 Å². The predicted octanol–water partition coefficient (Wildman–Crippen LogP) is 3.50. The van der Waals surface area contributed by atoms with Crippen molar-refractivity contribution in [3.05, 3.63) is 53.6 Å². The summed E-state index contributed by atoms with van der Waals surface area (Å²) in [5, 5.41) is 2.91. The maximum absolute atomic E-state index is 13.8. The second kappa shape index (κ2) is 13.9. The van der Waals surface area contributed by atoms with E-state index in [2.05, 4.69) is 5.32 Å². The number of anilines is 1. The molecule has 0 aliphatic carbocycles. The molecule has 2 rings (SSSR count). The van der Waals surface area contributed by atoms with Gasteiger partial charge in [0.15, 0.2) is 0 Å². The lowest BCUT2D eigenvalue weighted by molar-refractivity contribution is -0.140. The van der Waals surface area contributed by atoms with Gasteiger partial charge in [0.1, 0.15) is 24.1 Å². The topological polar surface area (TPSA) is 105 Å². The van der Waals surface area contributed by atoms with E-state index in [0.717, 1.165) is 34.5 Å². The van der Waals surface area contributed by atoms with Crippen LogP contribution >= 0.6 is 0 Å². The highest BCUT2D eigenvalue weighted by Crippen LogP contribution is 2.34. The summed E-state index contributed by atoms with van der Waals surface area (Å²) >= 11 is 0. The van der Waals surface area contributed by atoms with Crippen LogP contribution in [0.1, 0.15) is 44.2 Å². The van der Waals surface area contributed by atoms with Crippen molar-refractivity contribution in [1.29, 1.82) is 0 Å². The van der Waals surface area contributed by atoms with Gasteiger partial charge in [0.2, 0.25) is 21.8 Å². The number of carbonyl (C=O) groups excluding carboxylic acids is 2. The van der Waals surface area contributed by atoms with Gasteiger partial charge in [-0.25, -0.2) is 8.42 Å². The van der Waals surface area contributed by atoms with Gasteiger partial charge in [0.05, 0.1) is 26.2 Å². The molecule has 2 amide bonds. The van der Waals surface area contributed by atoms with Gasteiger partial charge >= 0.3 is 0 Å². The lowest BCUT2D eigenvalue weighted by Gasteiger charge is -2.33. The summed E-state index contributed by atoms with van der Waals surface area (Å²) in [7, 11) is -1.02. The number of unbranched alkanes of at least 4 members (excludes halogenated alkanes) is 1. The SMILES string of the molecule is CCCCNC(=O)C(CC)N(Cc1cccc(C)c1)C(=O)CN(c1cc(OC)ccc1OC)S(C)(=O)=O. The predicted molar refractivity (Wildman–Crippen MR) is 145 cm³/mol. The Balaban J connectivity index is 2.49. The first-order valence-electron chi connectivity index (χ1n) is 12.4. The Morgan fingerprint density at radius 2 is 1.78 bits per heavy atom. The molecular weight excluding hydrogens is 494 g/mol. The van der Waals surface area contributed by atoms with Crippen molar-refractivity contribution in [1.82, 2.24) is 10.2 Å². The highest BCUT2D eigenvalue weighted by Gasteiger charge is 2.32. The Morgan fingerprint density at radius 1 is 1.05 bits per heavy atom. The highest BCUT2D eigenvalue weighted by molar-refractivity contribution is 7.92. The van der Waals surface area contributed by atoms with Gasteiger partial charge in [0.25, 0.3) is 0 Å². The Morgan fingerprint density at radius 3 is 2.35 bits per heavy atom. The largest absolute Gasteiger partial charge is 0.497 e. The number of amides is 2. The van der Waals surface area contributed by atoms with E-state index in [9.17, 15) is 18.0 Å². The minimum atomic E-state index is -3.90. The molecule has 37 heavy (non-hydrogen) atoms. The van der Waals surface area contributed by atoms with Gasteiger partial charge in [-0.2, -0.15) is 0 Å². The van der Waals surface area contributed by atoms with Gasteiger partial charge in [-0.05, 0) is 37.5 Å². The number of sulfonamides is 1. The molecule has 0 aliphatic rings. The van der Waals surface area contributed by atoms with Crippen LogP contribution in [0.25, 0.3) is 0 Å². The van der Waals surface area contributed by atoms with Crippen molar-refractivity contribution < 1.29 is 27.5 Å². The monoisotopic (exact) mass is 533 g/mol. The number of aryl methyl sites for hydroxylation is 1. The molecule has 0 saturated heterocycles. The lowest BCUT2D eigenvalue weighted by atomic mass is 10.1. The summed E-state index contributed by atoms with van der Waals surface area (Å²) in [6, 6.07) is 11.6. The molecule has 0 bridgehead atoms. The van der Waals surface area contributed by atoms with E-state index >= 15 is 0 Å². The molecule has 0 heterocycles. The third-order valence-corrected chi connectivity index (χ3v) is 7.11. The van der Waals surface area contributed by atoms with E-state index in [0.29, 0.717) is 18.7 Å². The fraction of sp³-hybridized carbons (Fsp3) is 0.481. The van der Waals surface area contributed by atoms with Crippen LogP contribution < -0.4 is 19.1 Å². The number of carbonyl (C=O) groups is 2. The summed E-state index contributed by atoms with van der Waals surface area (Å²) < 4.78 is 37.4. The van der Waals surface area contributed by atoms with Gasteiger partial charge in [-0.3, -0.25) is 13.9 Å². The number of nitrogens with one attached hydrogen (secondary N) is 1. The van der Waals surface area contributed by atoms with Gasteiger partial charge in [-0.15, -0.1) is 0 Å². The zero-order valence-corrected chi connectivity index (χ0v) is 23.4. The van der Waals surface area contributed by atoms with Crippen LogP contribution in [0.15, 0.2) is 42.5 Å². The average Bonchev–Trinajstić information content (AvgIpc) is 2.86. The molecule has 2 aromatic carbocycles. The molecule has 204 valence electrons. The standard InChI is InChI=1S/C27H39N3O6S/c1-7-9-15-28-27(32)23(8-2)29(18-21-12-10-11-20(3)16-21)26(31)19-30(37(6,33)34)24-17-22(35-4)13-14-25(24)36-5/h10-14,16-17,23H,7-9,15,18-19H2,1-6H3,(H,28,32). The number of rotatable bonds is 14. The van der Waals surface area contributed by atoms with Crippen LogP contribution in [0.5, 0.6) is 11.5 Å². The summed E-state index contributed by atoms with van der Waals surface area (Å²) in [5.41, 5.74) is 2.04. The second-order valence-electron chi connectivity index (χ2n) is 8.89. The summed E-state index contributed by atoms with van der Waals surface area (Å²) in [5.74, 6) is -0.0834. The molecule has 1 atom stereocenters. The van der Waals surface area contributed by atoms with E-state index in [1.807, 2.05) is 45.0 Å². The van der Waals surface area contributed by atoms with E-state index in [4.69, 9.17) is 9.47 Å². The minimum absolute atomic E-state index is 0.160. The Bertz CT molecular complexity index is 1170. The van der Waals surface area contributed by atoms with Gasteiger partial charge in [-0.1, -0.05) is 50.1 Å². The molecule has 0 spiro atoms. The quantitative estimate of drug-likeness (QED) is 0.373. The molecule has 0 fully saturated rings. The van der Waals surface area contributed by atoms with Crippen LogP contribution in [0, 0.1) is 6.92 Å². The van der Waals surface area contributed by atoms with E-state index in [1.54, 1.807) is 12.1 Å². The van der Waals surface area contributed by atoms with Gasteiger partial charge < -0.3 is 19.7 Å². The normalized spacial score (nSPS) is 11.9. The Kier molecular flexibility index (Phi) is 11.2. The summed E-state index contributed by atoms with van der Waals surface area (Å²) in [4.78, 5) is 28.4. The second-order valence-corrected chi connectivity index (χ2v) is 10.8. The van der Waals surface area contributed by atoms with Crippen molar-refractivity contribution in [2.24, 2.45) is 0 Å². The highest BCUT2D eigenvalue weighted by atomic mass is 32.2. The first-order valence-corrected chi connectivity index (χ1v) is 14.2. The average molecular weight is 534 g/mol. The Hall–Kier alpha value is -3.27. The number of nitrogens with zero attached hydrogens (tertiary/aromatic N) is 2. The number of hydrogen-bond acceptors (Lipinski definition) is 6. The zero-order chi connectivity index (χ0) is 27.6. The Labute approximate surface area is 220 Å². The fourth-order valence-corrected chi connectivity index (χ4v) is 4.86. The maximum Gasteiger partial charge on any atom is 0.244 e. The van der Waals surface area contributed by atoms with E-state index < -0.39 is 28.5 Å². The van der Waals surface area contributed by atoms with Crippen LogP contribution in [0.4, 0.5) is 5.69 Å². The first kappa shape index (κ1) is 30.0. The van der Waals surface area contributed by atoms with Crippen LogP contribution in [0.2, 0.25) is 0 Å². The molecule has 0 aromatic heterocycles. The molecule has 2 aromatic rings. The molecule has 10 heteroatoms. The third kappa shape index (κ3) is 8.38. The smallest absolute Gasteiger partial charge is 0.244 e. The maximum atomic E-state index is 13.8. The van der Waals surface area contributed by atoms with Crippen LogP contribution in [-0.4, -0.2) is 64.7 Å². The molecule has 0 saturated carbocycles. The number of methoxy groups -OCH3 is 2. The number of hydrogen-bond donors (Lipinski definition) is 1.